The number of nitrogens with zero attached hydrogens (tertiary/aromatic N) is 1. The number of benzene rings is 2. The normalized spacial score (nSPS) is 21.9. The molecule has 244 valence electrons. The second-order valence-electron chi connectivity index (χ2n) is 11.3. The average molecular weight is 642 g/mol. The molecule has 1 aliphatic heterocycles. The molecule has 2 aliphatic rings. The first kappa shape index (κ1) is 34.2. The van der Waals surface area contributed by atoms with Gasteiger partial charge in [0.1, 0.15) is 5.75 Å². The van der Waals surface area contributed by atoms with E-state index in [2.05, 4.69) is 0 Å². The summed E-state index contributed by atoms with van der Waals surface area (Å²) in [6.45, 7) is 0.541. The maximum atomic E-state index is 13.6. The summed E-state index contributed by atoms with van der Waals surface area (Å²) in [5.41, 5.74) is -2.24. The predicted octanol–water partition coefficient (Wildman–Crippen LogP) is 5.86. The molecule has 1 heterocycles. The van der Waals surface area contributed by atoms with Crippen LogP contribution in [-0.2, 0) is 21.9 Å². The first-order chi connectivity index (χ1) is 21.1. The first-order valence-electron chi connectivity index (χ1n) is 14.4. The molecule has 0 radical (unpaired) electrons. The molecule has 2 aromatic carbocycles. The van der Waals surface area contributed by atoms with E-state index in [1.165, 1.54) is 12.1 Å². The lowest BCUT2D eigenvalue weighted by atomic mass is 9.68. The number of carbonyl (C=O) groups is 2. The highest BCUT2D eigenvalue weighted by atomic mass is 19.4. The van der Waals surface area contributed by atoms with E-state index >= 15 is 0 Å². The zero-order valence-corrected chi connectivity index (χ0v) is 24.2. The number of carbonyl (C=O) groups excluding carboxylic acids is 2. The Hall–Kier alpha value is -3.68. The van der Waals surface area contributed by atoms with Gasteiger partial charge in [-0.3, -0.25) is 9.59 Å². The number of fused-ring (bicyclic) bond motifs is 1. The van der Waals surface area contributed by atoms with Crippen LogP contribution < -0.4 is 4.90 Å². The summed E-state index contributed by atoms with van der Waals surface area (Å²) < 4.78 is 81.1. The van der Waals surface area contributed by atoms with Crippen molar-refractivity contribution in [3.8, 4) is 5.75 Å². The number of alkyl halides is 6. The van der Waals surface area contributed by atoms with Gasteiger partial charge in [0.25, 0.3) is 0 Å². The number of hydrogen-bond donors (Lipinski definition) is 4. The number of allylic oxidation sites excluding steroid dienone is 1. The molecule has 4 rings (SSSR count). The zero-order chi connectivity index (χ0) is 33.3. The third-order valence-electron chi connectivity index (χ3n) is 8.34. The van der Waals surface area contributed by atoms with Crippen molar-refractivity contribution in [3.05, 3.63) is 75.9 Å². The molecule has 0 bridgehead atoms. The van der Waals surface area contributed by atoms with Crippen molar-refractivity contribution in [2.75, 3.05) is 18.1 Å². The molecule has 0 unspecified atom stereocenters. The molecule has 4 atom stereocenters. The largest absolute Gasteiger partial charge is 0.508 e. The van der Waals surface area contributed by atoms with Crippen LogP contribution in [0, 0.1) is 17.8 Å². The molecule has 0 spiro atoms. The molecule has 4 N–H and O–H groups in total. The van der Waals surface area contributed by atoms with Gasteiger partial charge in [-0.15, -0.1) is 0 Å². The highest BCUT2D eigenvalue weighted by Gasteiger charge is 2.55. The molecule has 0 saturated carbocycles. The van der Waals surface area contributed by atoms with Gasteiger partial charge < -0.3 is 20.4 Å². The molecule has 2 aromatic rings. The second kappa shape index (κ2) is 13.4. The fourth-order valence-corrected chi connectivity index (χ4v) is 6.30. The lowest BCUT2D eigenvalue weighted by Crippen LogP contribution is -2.39. The molecule has 13 heteroatoms. The van der Waals surface area contributed by atoms with Crippen molar-refractivity contribution in [2.45, 2.75) is 57.5 Å². The minimum Gasteiger partial charge on any atom is -0.508 e. The molecule has 1 saturated heterocycles. The first-order valence-corrected chi connectivity index (χ1v) is 14.4. The topological polar surface area (TPSA) is 118 Å². The lowest BCUT2D eigenvalue weighted by molar-refractivity contribution is -0.143. The Morgan fingerprint density at radius 2 is 1.56 bits per heavy atom. The van der Waals surface area contributed by atoms with Gasteiger partial charge in [0.05, 0.1) is 48.0 Å². The molecular formula is C32H33F6NO6. The van der Waals surface area contributed by atoms with Crippen LogP contribution in [0.15, 0.2) is 59.2 Å². The minimum absolute atomic E-state index is 0.0982. The van der Waals surface area contributed by atoms with E-state index in [-0.39, 0.29) is 40.7 Å². The number of imide groups is 1. The Labute approximate surface area is 255 Å². The molecule has 45 heavy (non-hydrogen) atoms. The van der Waals surface area contributed by atoms with Crippen molar-refractivity contribution in [1.29, 1.82) is 0 Å². The molecule has 0 aromatic heterocycles. The van der Waals surface area contributed by atoms with E-state index in [1.807, 2.05) is 13.0 Å². The number of halogens is 6. The van der Waals surface area contributed by atoms with Gasteiger partial charge in [0.2, 0.25) is 11.8 Å². The van der Waals surface area contributed by atoms with Gasteiger partial charge in [-0.1, -0.05) is 37.1 Å². The van der Waals surface area contributed by atoms with Gasteiger partial charge >= 0.3 is 12.4 Å². The standard InChI is InChI=1S/C32H33F6NO6/c1-2-3-17(10-18-4-7-23(42)8-5-18)6-9-26(43)27-19(15-40)11-24-28(25(27)16-41)30(45)39(29(24)44)22-13-20(31(33,34)35)12-21(14-22)32(36,37)38/h4-5,7-8,10,12-14,24-26,28,40-43H,2-3,6,9,11,15-16H2,1H3/b17-10+/t24-,25+,26-,28-/m1/s1. The van der Waals surface area contributed by atoms with E-state index in [4.69, 9.17) is 0 Å². The summed E-state index contributed by atoms with van der Waals surface area (Å²) in [6, 6.07) is 6.96. The van der Waals surface area contributed by atoms with Crippen LogP contribution >= 0.6 is 0 Å². The van der Waals surface area contributed by atoms with Crippen LogP contribution in [0.5, 0.6) is 5.75 Å². The smallest absolute Gasteiger partial charge is 0.416 e. The number of anilines is 1. The fourth-order valence-electron chi connectivity index (χ4n) is 6.30. The average Bonchev–Trinajstić information content (AvgIpc) is 3.23. The lowest BCUT2D eigenvalue weighted by Gasteiger charge is -2.36. The third-order valence-corrected chi connectivity index (χ3v) is 8.34. The summed E-state index contributed by atoms with van der Waals surface area (Å²) in [5.74, 6) is -5.93. The summed E-state index contributed by atoms with van der Waals surface area (Å²) in [4.78, 5) is 27.3. The van der Waals surface area contributed by atoms with Crippen LogP contribution in [0.3, 0.4) is 0 Å². The Kier molecular flexibility index (Phi) is 10.1. The SMILES string of the molecule is CCC/C(=C\c1ccc(O)cc1)CC[C@@H](O)C1=C(CO)C[C@H]2C(=O)N(c3cc(C(F)(F)F)cc(C(F)(F)F)c3)C(=O)[C@H]2[C@H]1CO. The Morgan fingerprint density at radius 1 is 0.956 bits per heavy atom. The molecular weight excluding hydrogens is 608 g/mol. The van der Waals surface area contributed by atoms with Crippen LogP contribution in [0.2, 0.25) is 0 Å². The van der Waals surface area contributed by atoms with Crippen molar-refractivity contribution < 1.29 is 56.4 Å². The Bertz CT molecular complexity index is 1450. The van der Waals surface area contributed by atoms with E-state index in [1.54, 1.807) is 12.1 Å². The maximum Gasteiger partial charge on any atom is 0.416 e. The summed E-state index contributed by atoms with van der Waals surface area (Å²) in [5, 5.41) is 41.4. The quantitative estimate of drug-likeness (QED) is 0.147. The third kappa shape index (κ3) is 7.26. The number of hydrogen-bond acceptors (Lipinski definition) is 6. The highest BCUT2D eigenvalue weighted by Crippen LogP contribution is 2.48. The van der Waals surface area contributed by atoms with E-state index in [9.17, 15) is 56.4 Å². The summed E-state index contributed by atoms with van der Waals surface area (Å²) in [7, 11) is 0. The Morgan fingerprint density at radius 3 is 2.07 bits per heavy atom. The van der Waals surface area contributed by atoms with Gasteiger partial charge in [-0.25, -0.2) is 4.90 Å². The number of amides is 2. The second-order valence-corrected chi connectivity index (χ2v) is 11.3. The van der Waals surface area contributed by atoms with Gasteiger partial charge in [-0.05, 0) is 72.7 Å². The molecule has 1 fully saturated rings. The van der Waals surface area contributed by atoms with Crippen LogP contribution in [0.25, 0.3) is 6.08 Å². The van der Waals surface area contributed by atoms with Gasteiger partial charge in [0, 0.05) is 5.92 Å². The van der Waals surface area contributed by atoms with Crippen molar-refractivity contribution >= 4 is 23.6 Å². The molecule has 7 nitrogen and oxygen atoms in total. The number of aromatic hydroxyl groups is 1. The number of rotatable bonds is 10. The molecule has 2 amide bonds. The van der Waals surface area contributed by atoms with Crippen molar-refractivity contribution in [2.24, 2.45) is 17.8 Å². The number of aliphatic hydroxyl groups excluding tert-OH is 3. The number of phenolic OH excluding ortho intramolecular Hbond substituents is 1. The maximum absolute atomic E-state index is 13.6. The number of phenols is 1. The van der Waals surface area contributed by atoms with Crippen LogP contribution in [-0.4, -0.2) is 51.6 Å². The van der Waals surface area contributed by atoms with E-state index in [0.717, 1.165) is 17.6 Å². The monoisotopic (exact) mass is 641 g/mol. The van der Waals surface area contributed by atoms with E-state index in [0.29, 0.717) is 25.0 Å². The summed E-state index contributed by atoms with van der Waals surface area (Å²) >= 11 is 0. The van der Waals surface area contributed by atoms with Gasteiger partial charge in [-0.2, -0.15) is 26.3 Å². The van der Waals surface area contributed by atoms with Crippen molar-refractivity contribution in [3.63, 3.8) is 0 Å². The predicted molar refractivity (Wildman–Crippen MR) is 151 cm³/mol. The minimum atomic E-state index is -5.21. The highest BCUT2D eigenvalue weighted by molar-refractivity contribution is 6.22. The fraction of sp³-hybridized carbons (Fsp3) is 0.438. The Balaban J connectivity index is 1.65. The van der Waals surface area contributed by atoms with E-state index < -0.39 is 78.1 Å². The van der Waals surface area contributed by atoms with Crippen molar-refractivity contribution in [1.82, 2.24) is 0 Å². The van der Waals surface area contributed by atoms with Crippen LogP contribution in [0.1, 0.15) is 55.7 Å². The molecule has 1 aliphatic carbocycles. The van der Waals surface area contributed by atoms with Crippen LogP contribution in [0.4, 0.5) is 32.0 Å². The zero-order valence-electron chi connectivity index (χ0n) is 24.2. The summed E-state index contributed by atoms with van der Waals surface area (Å²) in [6.07, 6.45) is -8.15. The number of aliphatic hydroxyl groups is 3. The van der Waals surface area contributed by atoms with Gasteiger partial charge in [0.15, 0.2) is 0 Å².